The van der Waals surface area contributed by atoms with Gasteiger partial charge in [-0.1, -0.05) is 23.9 Å². The van der Waals surface area contributed by atoms with Gasteiger partial charge < -0.3 is 26.2 Å². The number of carbonyl (C=O) groups is 2. The number of thioether (sulfide) groups is 2. The first-order valence-electron chi connectivity index (χ1n) is 11.3. The average Bonchev–Trinajstić information content (AvgIpc) is 3.44. The summed E-state index contributed by atoms with van der Waals surface area (Å²) in [4.78, 5) is 29.3. The van der Waals surface area contributed by atoms with Crippen molar-refractivity contribution < 1.29 is 9.59 Å². The van der Waals surface area contributed by atoms with Gasteiger partial charge in [0, 0.05) is 37.6 Å². The van der Waals surface area contributed by atoms with Crippen molar-refractivity contribution >= 4 is 41.0 Å². The Morgan fingerprint density at radius 1 is 1.25 bits per heavy atom. The Hall–Kier alpha value is -1.84. The standard InChI is InChI=1S/C23H35N5O2S2/c1-3-28-22(30)19(32-23(28)20(24)21(29)25-11-15-31-2)16-26-18-8-6-17(7-9-18)10-14-27-12-4-5-13-27/h6-9,19,26H,3-5,10-16,24H2,1-2H3,(H,25,29)/b23-20+/t19-/m1/s1. The van der Waals surface area contributed by atoms with Crippen LogP contribution in [0.15, 0.2) is 35.0 Å². The van der Waals surface area contributed by atoms with E-state index in [9.17, 15) is 9.59 Å². The van der Waals surface area contributed by atoms with E-state index in [2.05, 4.69) is 39.8 Å². The van der Waals surface area contributed by atoms with Crippen molar-refractivity contribution in [2.75, 3.05) is 56.6 Å². The van der Waals surface area contributed by atoms with Crippen LogP contribution in [0, 0.1) is 0 Å². The minimum Gasteiger partial charge on any atom is -0.392 e. The number of hydrogen-bond donors (Lipinski definition) is 3. The number of nitrogens with two attached hydrogens (primary N) is 1. The van der Waals surface area contributed by atoms with Crippen LogP contribution in [0.4, 0.5) is 5.69 Å². The molecule has 0 spiro atoms. The number of likely N-dealkylation sites (tertiary alicyclic amines) is 1. The summed E-state index contributed by atoms with van der Waals surface area (Å²) in [5, 5.41) is 6.43. The first kappa shape index (κ1) is 24.8. The molecule has 2 aliphatic heterocycles. The van der Waals surface area contributed by atoms with Gasteiger partial charge in [-0.15, -0.1) is 0 Å². The Kier molecular flexibility index (Phi) is 9.62. The zero-order chi connectivity index (χ0) is 22.9. The second-order valence-corrected chi connectivity index (χ2v) is 10.2. The van der Waals surface area contributed by atoms with E-state index in [1.807, 2.05) is 13.2 Å². The fraction of sp³-hybridized carbons (Fsp3) is 0.565. The summed E-state index contributed by atoms with van der Waals surface area (Å²) < 4.78 is 0. The number of hydrogen-bond acceptors (Lipinski definition) is 7. The number of anilines is 1. The van der Waals surface area contributed by atoms with E-state index >= 15 is 0 Å². The first-order chi connectivity index (χ1) is 15.5. The lowest BCUT2D eigenvalue weighted by Gasteiger charge is -2.16. The van der Waals surface area contributed by atoms with Crippen LogP contribution < -0.4 is 16.4 Å². The van der Waals surface area contributed by atoms with Gasteiger partial charge in [-0.2, -0.15) is 11.8 Å². The largest absolute Gasteiger partial charge is 0.392 e. The summed E-state index contributed by atoms with van der Waals surface area (Å²) >= 11 is 3.02. The van der Waals surface area contributed by atoms with Crippen molar-refractivity contribution in [3.63, 3.8) is 0 Å². The molecule has 2 heterocycles. The molecule has 3 rings (SSSR count). The number of nitrogens with one attached hydrogen (secondary N) is 2. The predicted octanol–water partition coefficient (Wildman–Crippen LogP) is 2.31. The molecule has 0 aliphatic carbocycles. The first-order valence-corrected chi connectivity index (χ1v) is 13.6. The van der Waals surface area contributed by atoms with Gasteiger partial charge in [0.15, 0.2) is 0 Å². The van der Waals surface area contributed by atoms with Crippen molar-refractivity contribution in [3.8, 4) is 0 Å². The minimum absolute atomic E-state index is 0.0119. The number of benzene rings is 1. The van der Waals surface area contributed by atoms with Crippen molar-refractivity contribution in [1.82, 2.24) is 15.1 Å². The molecule has 2 fully saturated rings. The fourth-order valence-electron chi connectivity index (χ4n) is 3.91. The molecule has 1 aromatic carbocycles. The molecule has 32 heavy (non-hydrogen) atoms. The van der Waals surface area contributed by atoms with Gasteiger partial charge in [0.1, 0.15) is 16.0 Å². The molecule has 2 aliphatic rings. The van der Waals surface area contributed by atoms with Gasteiger partial charge in [0.25, 0.3) is 5.91 Å². The molecule has 176 valence electrons. The molecule has 9 heteroatoms. The fourth-order valence-corrected chi connectivity index (χ4v) is 5.45. The summed E-state index contributed by atoms with van der Waals surface area (Å²) in [6, 6.07) is 8.46. The maximum atomic E-state index is 12.9. The van der Waals surface area contributed by atoms with Crippen LogP contribution >= 0.6 is 23.5 Å². The smallest absolute Gasteiger partial charge is 0.269 e. The van der Waals surface area contributed by atoms with Crippen LogP contribution in [0.5, 0.6) is 0 Å². The van der Waals surface area contributed by atoms with E-state index in [0.717, 1.165) is 24.4 Å². The van der Waals surface area contributed by atoms with Crippen molar-refractivity contribution in [1.29, 1.82) is 0 Å². The van der Waals surface area contributed by atoms with Crippen LogP contribution in [0.3, 0.4) is 0 Å². The normalized spacial score (nSPS) is 20.6. The summed E-state index contributed by atoms with van der Waals surface area (Å²) in [6.45, 7) is 6.99. The van der Waals surface area contributed by atoms with Crippen LogP contribution in [0.2, 0.25) is 0 Å². The lowest BCUT2D eigenvalue weighted by molar-refractivity contribution is -0.127. The SMILES string of the molecule is CCN1C(=O)[C@@H](CNc2ccc(CCN3CCCC3)cc2)S/C1=C(/N)C(=O)NCCSC. The topological polar surface area (TPSA) is 90.7 Å². The molecule has 0 saturated carbocycles. The van der Waals surface area contributed by atoms with Crippen LogP contribution in [-0.4, -0.2) is 78.1 Å². The second-order valence-electron chi connectivity index (χ2n) is 8.03. The molecular formula is C23H35N5O2S2. The molecule has 4 N–H and O–H groups in total. The zero-order valence-corrected chi connectivity index (χ0v) is 20.7. The molecule has 2 amide bonds. The van der Waals surface area contributed by atoms with Gasteiger partial charge in [-0.3, -0.25) is 9.59 Å². The third-order valence-electron chi connectivity index (χ3n) is 5.78. The van der Waals surface area contributed by atoms with E-state index in [1.54, 1.807) is 16.7 Å². The predicted molar refractivity (Wildman–Crippen MR) is 136 cm³/mol. The zero-order valence-electron chi connectivity index (χ0n) is 19.1. The lowest BCUT2D eigenvalue weighted by Crippen LogP contribution is -2.35. The maximum absolute atomic E-state index is 12.9. The maximum Gasteiger partial charge on any atom is 0.269 e. The Balaban J connectivity index is 1.53. The summed E-state index contributed by atoms with van der Waals surface area (Å²) in [5.41, 5.74) is 8.56. The quantitative estimate of drug-likeness (QED) is 0.333. The van der Waals surface area contributed by atoms with Crippen molar-refractivity contribution in [2.24, 2.45) is 5.73 Å². The van der Waals surface area contributed by atoms with Gasteiger partial charge in [0.2, 0.25) is 5.91 Å². The average molecular weight is 478 g/mol. The van der Waals surface area contributed by atoms with Crippen LogP contribution in [0.25, 0.3) is 0 Å². The Morgan fingerprint density at radius 2 is 1.97 bits per heavy atom. The Bertz CT molecular complexity index is 809. The van der Waals surface area contributed by atoms with Crippen LogP contribution in [-0.2, 0) is 16.0 Å². The molecule has 1 aromatic rings. The van der Waals surface area contributed by atoms with E-state index in [0.29, 0.717) is 24.7 Å². The highest BCUT2D eigenvalue weighted by Crippen LogP contribution is 2.36. The molecule has 0 unspecified atom stereocenters. The van der Waals surface area contributed by atoms with E-state index in [4.69, 9.17) is 5.73 Å². The van der Waals surface area contributed by atoms with Gasteiger partial charge in [0.05, 0.1) is 0 Å². The van der Waals surface area contributed by atoms with Gasteiger partial charge >= 0.3 is 0 Å². The molecule has 0 aromatic heterocycles. The number of rotatable bonds is 11. The Morgan fingerprint density at radius 3 is 2.62 bits per heavy atom. The molecular weight excluding hydrogens is 442 g/mol. The van der Waals surface area contributed by atoms with Crippen molar-refractivity contribution in [3.05, 3.63) is 40.6 Å². The minimum atomic E-state index is -0.314. The third kappa shape index (κ3) is 6.59. The number of carbonyl (C=O) groups excluding carboxylic acids is 2. The molecule has 0 radical (unpaired) electrons. The number of amides is 2. The lowest BCUT2D eigenvalue weighted by atomic mass is 10.1. The second kappa shape index (κ2) is 12.4. The van der Waals surface area contributed by atoms with Crippen LogP contribution in [0.1, 0.15) is 25.3 Å². The highest BCUT2D eigenvalue weighted by Gasteiger charge is 2.38. The highest BCUT2D eigenvalue weighted by molar-refractivity contribution is 8.04. The third-order valence-corrected chi connectivity index (χ3v) is 7.71. The van der Waals surface area contributed by atoms with E-state index in [-0.39, 0.29) is 22.8 Å². The summed E-state index contributed by atoms with van der Waals surface area (Å²) in [7, 11) is 0. The summed E-state index contributed by atoms with van der Waals surface area (Å²) in [5.74, 6) is 0.495. The Labute approximate surface area is 199 Å². The monoisotopic (exact) mass is 477 g/mol. The van der Waals surface area contributed by atoms with Gasteiger partial charge in [-0.05, 0) is 63.2 Å². The summed E-state index contributed by atoms with van der Waals surface area (Å²) in [6.07, 6.45) is 5.69. The van der Waals surface area contributed by atoms with Crippen molar-refractivity contribution in [2.45, 2.75) is 31.4 Å². The van der Waals surface area contributed by atoms with Gasteiger partial charge in [-0.25, -0.2) is 0 Å². The molecule has 7 nitrogen and oxygen atoms in total. The molecule has 0 bridgehead atoms. The molecule has 1 atom stereocenters. The molecule has 2 saturated heterocycles. The van der Waals surface area contributed by atoms with E-state index < -0.39 is 0 Å². The number of nitrogens with zero attached hydrogens (tertiary/aromatic N) is 2. The highest BCUT2D eigenvalue weighted by atomic mass is 32.2. The van der Waals surface area contributed by atoms with E-state index in [1.165, 1.54) is 43.3 Å².